The minimum atomic E-state index is -3.59. The summed E-state index contributed by atoms with van der Waals surface area (Å²) in [5.41, 5.74) is 3.25. The minimum Gasteiger partial charge on any atom is -0.339 e. The van der Waals surface area contributed by atoms with Gasteiger partial charge in [0.2, 0.25) is 10.0 Å². The van der Waals surface area contributed by atoms with E-state index in [2.05, 4.69) is 22.3 Å². The summed E-state index contributed by atoms with van der Waals surface area (Å²) in [7, 11) is -0.653. The second-order valence-corrected chi connectivity index (χ2v) is 13.5. The van der Waals surface area contributed by atoms with Gasteiger partial charge in [-0.3, -0.25) is 14.5 Å². The number of nitrogens with one attached hydrogen (secondary N) is 1. The molecule has 0 spiro atoms. The predicted octanol–water partition coefficient (Wildman–Crippen LogP) is 4.44. The molecule has 0 saturated carbocycles. The van der Waals surface area contributed by atoms with E-state index in [1.807, 2.05) is 23.1 Å². The number of thiophene rings is 1. The van der Waals surface area contributed by atoms with E-state index in [1.165, 1.54) is 55.3 Å². The number of benzene rings is 2. The monoisotopic (exact) mass is 566 g/mol. The number of likely N-dealkylation sites (tertiary alicyclic amines) is 1. The lowest BCUT2D eigenvalue weighted by molar-refractivity contribution is 0.0724. The number of carbonyl (C=O) groups is 2. The molecule has 2 aromatic carbocycles. The summed E-state index contributed by atoms with van der Waals surface area (Å²) in [5, 5.41) is 3.58. The molecule has 5 rings (SSSR count). The fourth-order valence-corrected chi connectivity index (χ4v) is 7.35. The van der Waals surface area contributed by atoms with E-state index >= 15 is 0 Å². The van der Waals surface area contributed by atoms with Crippen molar-refractivity contribution in [3.05, 3.63) is 81.7 Å². The molecule has 206 valence electrons. The van der Waals surface area contributed by atoms with E-state index in [4.69, 9.17) is 0 Å². The van der Waals surface area contributed by atoms with Crippen LogP contribution in [-0.4, -0.2) is 68.1 Å². The first kappa shape index (κ1) is 27.5. The van der Waals surface area contributed by atoms with Crippen molar-refractivity contribution in [3.63, 3.8) is 0 Å². The van der Waals surface area contributed by atoms with Crippen LogP contribution in [0.25, 0.3) is 0 Å². The quantitative estimate of drug-likeness (QED) is 0.457. The van der Waals surface area contributed by atoms with Crippen LogP contribution in [-0.2, 0) is 29.5 Å². The van der Waals surface area contributed by atoms with Crippen molar-refractivity contribution in [2.75, 3.05) is 39.0 Å². The number of sulfonamides is 1. The molecule has 2 amide bonds. The molecule has 1 aromatic heterocycles. The van der Waals surface area contributed by atoms with Gasteiger partial charge in [0, 0.05) is 57.3 Å². The molecule has 3 heterocycles. The fraction of sp³-hybridized carbons (Fsp3) is 0.379. The number of rotatable bonds is 7. The highest BCUT2D eigenvalue weighted by Crippen LogP contribution is 2.39. The number of nitrogens with zero attached hydrogens (tertiary/aromatic N) is 3. The molecule has 3 aromatic rings. The maximum Gasteiger partial charge on any atom is 0.257 e. The van der Waals surface area contributed by atoms with Crippen LogP contribution < -0.4 is 5.32 Å². The van der Waals surface area contributed by atoms with Crippen molar-refractivity contribution < 1.29 is 18.0 Å². The summed E-state index contributed by atoms with van der Waals surface area (Å²) in [6, 6.07) is 16.2. The fourth-order valence-electron chi connectivity index (χ4n) is 5.17. The zero-order valence-corrected chi connectivity index (χ0v) is 24.0. The third-order valence-corrected chi connectivity index (χ3v) is 10.3. The number of amides is 2. The molecule has 0 atom stereocenters. The van der Waals surface area contributed by atoms with Crippen LogP contribution in [0, 0.1) is 0 Å². The average molecular weight is 567 g/mol. The summed E-state index contributed by atoms with van der Waals surface area (Å²) < 4.78 is 26.0. The lowest BCUT2D eigenvalue weighted by Crippen LogP contribution is -2.37. The van der Waals surface area contributed by atoms with Gasteiger partial charge in [-0.2, -0.15) is 0 Å². The summed E-state index contributed by atoms with van der Waals surface area (Å²) in [5.74, 6) is -0.373. The lowest BCUT2D eigenvalue weighted by Gasteiger charge is -2.29. The lowest BCUT2D eigenvalue weighted by atomic mass is 10.00. The first-order valence-electron chi connectivity index (χ1n) is 13.3. The number of fused-ring (bicyclic) bond motifs is 1. The molecular weight excluding hydrogens is 532 g/mol. The normalized spacial score (nSPS) is 16.2. The van der Waals surface area contributed by atoms with Crippen LogP contribution in [0.5, 0.6) is 0 Å². The third kappa shape index (κ3) is 5.94. The Kier molecular flexibility index (Phi) is 8.18. The largest absolute Gasteiger partial charge is 0.339 e. The van der Waals surface area contributed by atoms with Gasteiger partial charge < -0.3 is 10.2 Å². The van der Waals surface area contributed by atoms with Crippen LogP contribution in [0.4, 0.5) is 5.00 Å². The van der Waals surface area contributed by atoms with Gasteiger partial charge in [-0.05, 0) is 61.1 Å². The number of carbonyl (C=O) groups excluding carboxylic acids is 2. The van der Waals surface area contributed by atoms with Crippen LogP contribution in [0.2, 0.25) is 0 Å². The Labute approximate surface area is 234 Å². The summed E-state index contributed by atoms with van der Waals surface area (Å²) in [6.45, 7) is 3.87. The van der Waals surface area contributed by atoms with Gasteiger partial charge in [-0.25, -0.2) is 12.7 Å². The zero-order valence-electron chi connectivity index (χ0n) is 22.4. The van der Waals surface area contributed by atoms with Gasteiger partial charge >= 0.3 is 0 Å². The Hall–Kier alpha value is -3.05. The van der Waals surface area contributed by atoms with Crippen LogP contribution >= 0.6 is 11.3 Å². The number of piperidine rings is 1. The van der Waals surface area contributed by atoms with Crippen molar-refractivity contribution in [2.24, 2.45) is 0 Å². The van der Waals surface area contributed by atoms with Crippen LogP contribution in [0.15, 0.2) is 59.5 Å². The molecule has 1 saturated heterocycles. The van der Waals surface area contributed by atoms with Crippen LogP contribution in [0.1, 0.15) is 56.0 Å². The van der Waals surface area contributed by atoms with Crippen molar-refractivity contribution in [1.82, 2.24) is 14.1 Å². The van der Waals surface area contributed by atoms with Crippen molar-refractivity contribution >= 4 is 38.2 Å². The highest BCUT2D eigenvalue weighted by molar-refractivity contribution is 7.89. The molecule has 0 aliphatic carbocycles. The van der Waals surface area contributed by atoms with Crippen molar-refractivity contribution in [2.45, 2.75) is 43.7 Å². The smallest absolute Gasteiger partial charge is 0.257 e. The maximum atomic E-state index is 13.8. The zero-order chi connectivity index (χ0) is 27.6. The first-order valence-corrected chi connectivity index (χ1v) is 15.5. The summed E-state index contributed by atoms with van der Waals surface area (Å²) >= 11 is 1.48. The van der Waals surface area contributed by atoms with Gasteiger partial charge in [-0.1, -0.05) is 30.3 Å². The summed E-state index contributed by atoms with van der Waals surface area (Å²) in [4.78, 5) is 32.6. The Balaban J connectivity index is 1.41. The van der Waals surface area contributed by atoms with Gasteiger partial charge in [0.15, 0.2) is 0 Å². The molecule has 2 aliphatic heterocycles. The Morgan fingerprint density at radius 1 is 0.949 bits per heavy atom. The summed E-state index contributed by atoms with van der Waals surface area (Å²) in [6.07, 6.45) is 3.86. The maximum absolute atomic E-state index is 13.8. The Morgan fingerprint density at radius 3 is 2.31 bits per heavy atom. The van der Waals surface area contributed by atoms with Gasteiger partial charge in [0.05, 0.1) is 10.5 Å². The van der Waals surface area contributed by atoms with Gasteiger partial charge in [0.25, 0.3) is 11.8 Å². The number of anilines is 1. The van der Waals surface area contributed by atoms with E-state index in [0.717, 1.165) is 73.2 Å². The molecule has 39 heavy (non-hydrogen) atoms. The van der Waals surface area contributed by atoms with E-state index < -0.39 is 10.0 Å². The van der Waals surface area contributed by atoms with E-state index in [9.17, 15) is 18.0 Å². The van der Waals surface area contributed by atoms with E-state index in [-0.39, 0.29) is 16.7 Å². The molecule has 0 unspecified atom stereocenters. The second kappa shape index (κ2) is 11.6. The van der Waals surface area contributed by atoms with E-state index in [1.54, 1.807) is 0 Å². The minimum absolute atomic E-state index is 0.00793. The number of hydrogen-bond acceptors (Lipinski definition) is 6. The molecule has 2 aliphatic rings. The highest BCUT2D eigenvalue weighted by Gasteiger charge is 2.32. The molecule has 8 nitrogen and oxygen atoms in total. The van der Waals surface area contributed by atoms with Crippen molar-refractivity contribution in [1.29, 1.82) is 0 Å². The van der Waals surface area contributed by atoms with Gasteiger partial charge in [0.1, 0.15) is 5.00 Å². The highest BCUT2D eigenvalue weighted by atomic mass is 32.2. The Morgan fingerprint density at radius 2 is 1.64 bits per heavy atom. The van der Waals surface area contributed by atoms with Crippen LogP contribution in [0.3, 0.4) is 0 Å². The molecule has 10 heteroatoms. The average Bonchev–Trinajstić information content (AvgIpc) is 3.30. The molecule has 0 radical (unpaired) electrons. The molecule has 0 bridgehead atoms. The topological polar surface area (TPSA) is 90.0 Å². The number of hydrogen-bond donors (Lipinski definition) is 1. The second-order valence-electron chi connectivity index (χ2n) is 10.3. The standard InChI is InChI=1S/C29H34N4O4S2/c1-31(2)39(36,37)23-13-11-22(12-14-23)27(34)30-28-26(29(35)33-16-7-4-8-17-33)24-15-18-32(20-25(24)38-28)19-21-9-5-3-6-10-21/h3,5-6,9-14H,4,7-8,15-20H2,1-2H3,(H,30,34). The SMILES string of the molecule is CN(C)S(=O)(=O)c1ccc(C(=O)Nc2sc3c(c2C(=O)N2CCCCC2)CCN(Cc2ccccc2)C3)cc1. The predicted molar refractivity (Wildman–Crippen MR) is 154 cm³/mol. The molecular formula is C29H34N4O4S2. The van der Waals surface area contributed by atoms with Gasteiger partial charge in [-0.15, -0.1) is 11.3 Å². The molecule has 1 N–H and O–H groups in total. The first-order chi connectivity index (χ1) is 18.7. The van der Waals surface area contributed by atoms with Crippen molar-refractivity contribution in [3.8, 4) is 0 Å². The third-order valence-electron chi connectivity index (χ3n) is 7.36. The Bertz CT molecular complexity index is 1440. The molecule has 1 fully saturated rings. The van der Waals surface area contributed by atoms with E-state index in [0.29, 0.717) is 16.1 Å².